The summed E-state index contributed by atoms with van der Waals surface area (Å²) in [6.45, 7) is 8.38. The summed E-state index contributed by atoms with van der Waals surface area (Å²) in [5.74, 6) is 2.86. The molecule has 0 aromatic carbocycles. The topological polar surface area (TPSA) is 53.7 Å². The molecule has 1 N–H and O–H groups in total. The number of carbonyl (C=O) groups is 1. The number of amides is 1. The molecule has 1 aliphatic rings. The van der Waals surface area contributed by atoms with Crippen molar-refractivity contribution >= 4 is 12.0 Å². The molecule has 116 valence electrons. The molecule has 1 aliphatic carbocycles. The van der Waals surface area contributed by atoms with E-state index in [0.717, 1.165) is 5.76 Å². The zero-order chi connectivity index (χ0) is 15.6. The Morgan fingerprint density at radius 3 is 2.71 bits per heavy atom. The van der Waals surface area contributed by atoms with Crippen molar-refractivity contribution < 1.29 is 14.3 Å². The Morgan fingerprint density at radius 1 is 1.52 bits per heavy atom. The largest absolute Gasteiger partial charge is 0.461 e. The van der Waals surface area contributed by atoms with Crippen molar-refractivity contribution in [2.75, 3.05) is 13.1 Å². The molecule has 0 radical (unpaired) electrons. The first-order valence-electron chi connectivity index (χ1n) is 7.59. The van der Waals surface area contributed by atoms with Crippen molar-refractivity contribution in [2.24, 2.45) is 5.92 Å². The highest BCUT2D eigenvalue weighted by Gasteiger charge is 2.36. The molecule has 2 atom stereocenters. The van der Waals surface area contributed by atoms with E-state index in [4.69, 9.17) is 4.42 Å². The number of hydrogen-bond donors (Lipinski definition) is 1. The summed E-state index contributed by atoms with van der Waals surface area (Å²) in [4.78, 5) is 13.7. The fourth-order valence-corrected chi connectivity index (χ4v) is 2.45. The lowest BCUT2D eigenvalue weighted by molar-refractivity contribution is -0.128. The summed E-state index contributed by atoms with van der Waals surface area (Å²) >= 11 is 0. The van der Waals surface area contributed by atoms with Crippen molar-refractivity contribution in [1.29, 1.82) is 0 Å². The molecule has 0 spiro atoms. The molecule has 1 saturated carbocycles. The third kappa shape index (κ3) is 4.46. The second-order valence-corrected chi connectivity index (χ2v) is 6.56. The normalized spacial score (nSPS) is 21.8. The van der Waals surface area contributed by atoms with Crippen LogP contribution in [0.2, 0.25) is 0 Å². The molecule has 1 aromatic rings. The van der Waals surface area contributed by atoms with Crippen LogP contribution in [0.25, 0.3) is 6.08 Å². The highest BCUT2D eigenvalue weighted by atomic mass is 16.3. The van der Waals surface area contributed by atoms with Crippen molar-refractivity contribution in [3.05, 3.63) is 29.7 Å². The molecule has 4 nitrogen and oxygen atoms in total. The number of hydrogen-bond acceptors (Lipinski definition) is 3. The van der Waals surface area contributed by atoms with Gasteiger partial charge in [0.1, 0.15) is 11.5 Å². The minimum atomic E-state index is -0.889. The van der Waals surface area contributed by atoms with Gasteiger partial charge < -0.3 is 14.4 Å². The van der Waals surface area contributed by atoms with E-state index in [2.05, 4.69) is 6.92 Å². The van der Waals surface area contributed by atoms with E-state index in [9.17, 15) is 9.90 Å². The van der Waals surface area contributed by atoms with Gasteiger partial charge in [-0.05, 0) is 51.3 Å². The van der Waals surface area contributed by atoms with E-state index in [0.29, 0.717) is 30.7 Å². The summed E-state index contributed by atoms with van der Waals surface area (Å²) < 4.78 is 5.74. The predicted molar refractivity (Wildman–Crippen MR) is 82.8 cm³/mol. The lowest BCUT2D eigenvalue weighted by Gasteiger charge is -2.27. The number of likely N-dealkylation sites (N-methyl/N-ethyl adjacent to an activating group) is 1. The molecule has 21 heavy (non-hydrogen) atoms. The molecule has 1 fully saturated rings. The van der Waals surface area contributed by atoms with Gasteiger partial charge in [-0.15, -0.1) is 0 Å². The first kappa shape index (κ1) is 15.8. The van der Waals surface area contributed by atoms with Gasteiger partial charge in [0.05, 0.1) is 5.60 Å². The van der Waals surface area contributed by atoms with Crippen LogP contribution >= 0.6 is 0 Å². The van der Waals surface area contributed by atoms with Gasteiger partial charge in [-0.2, -0.15) is 0 Å². The molecule has 2 rings (SSSR count). The average Bonchev–Trinajstić information content (AvgIpc) is 2.95. The molecule has 4 heteroatoms. The maximum absolute atomic E-state index is 12.1. The van der Waals surface area contributed by atoms with E-state index in [1.807, 2.05) is 19.1 Å². The van der Waals surface area contributed by atoms with Gasteiger partial charge in [0.2, 0.25) is 5.91 Å². The van der Waals surface area contributed by atoms with Crippen LogP contribution in [0.3, 0.4) is 0 Å². The lowest BCUT2D eigenvalue weighted by Crippen LogP contribution is -2.41. The van der Waals surface area contributed by atoms with Gasteiger partial charge in [-0.1, -0.05) is 6.92 Å². The standard InChI is InChI=1S/C17H25NO3/c1-5-18(11-17(3,4)20)16(19)9-7-13-6-8-15(21-13)14-10-12(14)2/h6-9,12,14,20H,5,10-11H2,1-4H3. The monoisotopic (exact) mass is 291 g/mol. The summed E-state index contributed by atoms with van der Waals surface area (Å²) in [6.07, 6.45) is 4.39. The van der Waals surface area contributed by atoms with E-state index >= 15 is 0 Å². The van der Waals surface area contributed by atoms with Crippen LogP contribution in [0.15, 0.2) is 22.6 Å². The Kier molecular flexibility index (Phi) is 4.57. The third-order valence-electron chi connectivity index (χ3n) is 3.78. The second-order valence-electron chi connectivity index (χ2n) is 6.56. The number of rotatable bonds is 6. The quantitative estimate of drug-likeness (QED) is 0.820. The predicted octanol–water partition coefficient (Wildman–Crippen LogP) is 3.04. The zero-order valence-electron chi connectivity index (χ0n) is 13.3. The molecule has 1 aromatic heterocycles. The maximum atomic E-state index is 12.1. The first-order chi connectivity index (χ1) is 9.80. The zero-order valence-corrected chi connectivity index (χ0v) is 13.3. The Balaban J connectivity index is 1.95. The highest BCUT2D eigenvalue weighted by molar-refractivity contribution is 5.91. The van der Waals surface area contributed by atoms with Gasteiger partial charge in [0.25, 0.3) is 0 Å². The van der Waals surface area contributed by atoms with Crippen molar-refractivity contribution in [2.45, 2.75) is 45.6 Å². The van der Waals surface area contributed by atoms with Gasteiger partial charge in [-0.25, -0.2) is 0 Å². The summed E-state index contributed by atoms with van der Waals surface area (Å²) in [7, 11) is 0. The van der Waals surface area contributed by atoms with Crippen molar-refractivity contribution in [3.8, 4) is 0 Å². The third-order valence-corrected chi connectivity index (χ3v) is 3.78. The molecule has 2 unspecified atom stereocenters. The van der Waals surface area contributed by atoms with E-state index in [-0.39, 0.29) is 5.91 Å². The van der Waals surface area contributed by atoms with Gasteiger partial charge in [0.15, 0.2) is 0 Å². The van der Waals surface area contributed by atoms with E-state index in [1.165, 1.54) is 12.5 Å². The smallest absolute Gasteiger partial charge is 0.246 e. The Hall–Kier alpha value is -1.55. The fraction of sp³-hybridized carbons (Fsp3) is 0.588. The highest BCUT2D eigenvalue weighted by Crippen LogP contribution is 2.47. The second kappa shape index (κ2) is 6.06. The van der Waals surface area contributed by atoms with Crippen LogP contribution in [0.4, 0.5) is 0 Å². The van der Waals surface area contributed by atoms with E-state index in [1.54, 1.807) is 24.8 Å². The molecule has 0 saturated heterocycles. The Bertz CT molecular complexity index is 524. The lowest BCUT2D eigenvalue weighted by atomic mass is 10.1. The maximum Gasteiger partial charge on any atom is 0.246 e. The van der Waals surface area contributed by atoms with Crippen LogP contribution in [-0.2, 0) is 4.79 Å². The minimum Gasteiger partial charge on any atom is -0.461 e. The SMILES string of the molecule is CCN(CC(C)(C)O)C(=O)C=Cc1ccc(C2CC2C)o1. The fourth-order valence-electron chi connectivity index (χ4n) is 2.45. The van der Waals surface area contributed by atoms with Crippen molar-refractivity contribution in [3.63, 3.8) is 0 Å². The van der Waals surface area contributed by atoms with Gasteiger partial charge in [-0.3, -0.25) is 4.79 Å². The number of aliphatic hydroxyl groups is 1. The summed E-state index contributed by atoms with van der Waals surface area (Å²) in [5.41, 5.74) is -0.889. The molecule has 1 heterocycles. The minimum absolute atomic E-state index is 0.114. The summed E-state index contributed by atoms with van der Waals surface area (Å²) in [6, 6.07) is 3.89. The van der Waals surface area contributed by atoms with Gasteiger partial charge >= 0.3 is 0 Å². The molecule has 1 amide bonds. The number of nitrogens with zero attached hydrogens (tertiary/aromatic N) is 1. The Morgan fingerprint density at radius 2 is 2.19 bits per heavy atom. The van der Waals surface area contributed by atoms with Crippen LogP contribution in [0.1, 0.15) is 51.6 Å². The van der Waals surface area contributed by atoms with Crippen LogP contribution < -0.4 is 0 Å². The molecule has 0 aliphatic heterocycles. The van der Waals surface area contributed by atoms with Crippen LogP contribution in [0.5, 0.6) is 0 Å². The summed E-state index contributed by atoms with van der Waals surface area (Å²) in [5, 5.41) is 9.81. The number of carbonyl (C=O) groups excluding carboxylic acids is 1. The Labute approximate surface area is 126 Å². The number of furan rings is 1. The van der Waals surface area contributed by atoms with E-state index < -0.39 is 5.60 Å². The molecular formula is C17H25NO3. The molecule has 0 bridgehead atoms. The van der Waals surface area contributed by atoms with Gasteiger partial charge in [0, 0.05) is 25.1 Å². The van der Waals surface area contributed by atoms with Crippen LogP contribution in [-0.4, -0.2) is 34.6 Å². The van der Waals surface area contributed by atoms with Crippen LogP contribution in [0, 0.1) is 5.92 Å². The molecular weight excluding hydrogens is 266 g/mol. The first-order valence-corrected chi connectivity index (χ1v) is 7.59. The van der Waals surface area contributed by atoms with Crippen molar-refractivity contribution in [1.82, 2.24) is 4.90 Å². The average molecular weight is 291 g/mol.